The van der Waals surface area contributed by atoms with Gasteiger partial charge in [-0.3, -0.25) is 9.59 Å². The van der Waals surface area contributed by atoms with Crippen molar-refractivity contribution in [1.82, 2.24) is 9.66 Å². The third-order valence-corrected chi connectivity index (χ3v) is 4.95. The molecule has 2 N–H and O–H groups in total. The number of primary amides is 1. The predicted molar refractivity (Wildman–Crippen MR) is 117 cm³/mol. The summed E-state index contributed by atoms with van der Waals surface area (Å²) in [7, 11) is 0. The lowest BCUT2D eigenvalue weighted by Gasteiger charge is -2.10. The van der Waals surface area contributed by atoms with Gasteiger partial charge in [-0.2, -0.15) is 9.78 Å². The lowest BCUT2D eigenvalue weighted by molar-refractivity contribution is -0.119. The third-order valence-electron chi connectivity index (χ3n) is 3.89. The summed E-state index contributed by atoms with van der Waals surface area (Å²) in [6.45, 7) is 1.54. The second kappa shape index (κ2) is 8.94. The van der Waals surface area contributed by atoms with Gasteiger partial charge in [0.15, 0.2) is 12.4 Å². The number of benzene rings is 2. The zero-order valence-corrected chi connectivity index (χ0v) is 18.3. The molecule has 0 aliphatic carbocycles. The number of halogens is 3. The molecule has 0 atom stereocenters. The lowest BCUT2D eigenvalue weighted by Crippen LogP contribution is -2.22. The van der Waals surface area contributed by atoms with E-state index in [0.717, 1.165) is 4.47 Å². The van der Waals surface area contributed by atoms with Crippen LogP contribution in [0.1, 0.15) is 18.3 Å². The minimum atomic E-state index is -0.648. The molecule has 1 aromatic heterocycles. The number of nitrogens with two attached hydrogens (primary N) is 1. The van der Waals surface area contributed by atoms with Gasteiger partial charge in [0.25, 0.3) is 11.5 Å². The zero-order valence-electron chi connectivity index (χ0n) is 15.2. The van der Waals surface area contributed by atoms with E-state index in [0.29, 0.717) is 28.7 Å². The first-order valence-corrected chi connectivity index (χ1v) is 10.0. The Bertz CT molecular complexity index is 1170. The molecule has 0 aliphatic rings. The van der Waals surface area contributed by atoms with Crippen LogP contribution in [0.25, 0.3) is 10.9 Å². The average Bonchev–Trinajstić information content (AvgIpc) is 2.66. The number of carbonyl (C=O) groups is 1. The van der Waals surface area contributed by atoms with Crippen LogP contribution >= 0.6 is 39.1 Å². The van der Waals surface area contributed by atoms with Crippen LogP contribution in [0.4, 0.5) is 0 Å². The highest BCUT2D eigenvalue weighted by atomic mass is 79.9. The summed E-state index contributed by atoms with van der Waals surface area (Å²) < 4.78 is 7.23. The molecule has 0 radical (unpaired) electrons. The van der Waals surface area contributed by atoms with Crippen molar-refractivity contribution in [3.8, 4) is 5.75 Å². The van der Waals surface area contributed by atoms with E-state index in [1.165, 1.54) is 10.9 Å². The van der Waals surface area contributed by atoms with Crippen LogP contribution in [0.15, 0.2) is 44.7 Å². The second-order valence-corrected chi connectivity index (χ2v) is 7.70. The topological polar surface area (TPSA) is 99.6 Å². The second-order valence-electron chi connectivity index (χ2n) is 5.97. The molecule has 0 bridgehead atoms. The molecule has 10 heteroatoms. The molecule has 0 spiro atoms. The Morgan fingerprint density at radius 2 is 2.00 bits per heavy atom. The third kappa shape index (κ3) is 4.77. The van der Waals surface area contributed by atoms with Crippen molar-refractivity contribution >= 4 is 62.2 Å². The summed E-state index contributed by atoms with van der Waals surface area (Å²) in [5, 5.41) is 5.09. The normalized spacial score (nSPS) is 11.3. The van der Waals surface area contributed by atoms with Gasteiger partial charge in [-0.25, -0.2) is 4.98 Å². The van der Waals surface area contributed by atoms with Crippen molar-refractivity contribution in [3.63, 3.8) is 0 Å². The molecular formula is C19H15BrCl2N4O3. The summed E-state index contributed by atoms with van der Waals surface area (Å²) in [6, 6.07) is 8.41. The van der Waals surface area contributed by atoms with Crippen LogP contribution in [0.2, 0.25) is 10.0 Å². The van der Waals surface area contributed by atoms with Crippen molar-refractivity contribution in [2.75, 3.05) is 6.61 Å². The quantitative estimate of drug-likeness (QED) is 0.524. The molecule has 0 unspecified atom stereocenters. The number of rotatable bonds is 6. The van der Waals surface area contributed by atoms with Crippen molar-refractivity contribution in [1.29, 1.82) is 0 Å². The Morgan fingerprint density at radius 1 is 1.31 bits per heavy atom. The van der Waals surface area contributed by atoms with Crippen molar-refractivity contribution in [2.24, 2.45) is 10.8 Å². The number of nitrogens with zero attached hydrogens (tertiary/aromatic N) is 3. The number of carbonyl (C=O) groups excluding carboxylic acids is 1. The highest BCUT2D eigenvalue weighted by molar-refractivity contribution is 9.10. The van der Waals surface area contributed by atoms with Crippen molar-refractivity contribution in [3.05, 3.63) is 66.6 Å². The number of ether oxygens (including phenoxy) is 1. The highest BCUT2D eigenvalue weighted by Crippen LogP contribution is 2.33. The van der Waals surface area contributed by atoms with E-state index in [9.17, 15) is 9.59 Å². The Hall–Kier alpha value is -2.42. The van der Waals surface area contributed by atoms with E-state index < -0.39 is 5.91 Å². The van der Waals surface area contributed by atoms with E-state index in [2.05, 4.69) is 26.0 Å². The maximum atomic E-state index is 12.9. The molecule has 7 nitrogen and oxygen atoms in total. The monoisotopic (exact) mass is 496 g/mol. The molecule has 0 fully saturated rings. The van der Waals surface area contributed by atoms with Gasteiger partial charge in [0.05, 0.1) is 27.2 Å². The van der Waals surface area contributed by atoms with Gasteiger partial charge in [-0.1, -0.05) is 46.1 Å². The molecule has 3 aromatic rings. The Morgan fingerprint density at radius 3 is 2.62 bits per heavy atom. The van der Waals surface area contributed by atoms with E-state index in [1.54, 1.807) is 24.3 Å². The average molecular weight is 498 g/mol. The summed E-state index contributed by atoms with van der Waals surface area (Å²) in [5.74, 6) is 0.0114. The maximum Gasteiger partial charge on any atom is 0.282 e. The summed E-state index contributed by atoms with van der Waals surface area (Å²) >= 11 is 15.7. The number of aromatic nitrogens is 2. The van der Waals surface area contributed by atoms with E-state index in [4.69, 9.17) is 33.7 Å². The number of hydrogen-bond donors (Lipinski definition) is 1. The van der Waals surface area contributed by atoms with Gasteiger partial charge in [0.2, 0.25) is 0 Å². The minimum Gasteiger partial charge on any atom is -0.481 e. The maximum absolute atomic E-state index is 12.9. The molecule has 0 saturated carbocycles. The molecule has 150 valence electrons. The fourth-order valence-electron chi connectivity index (χ4n) is 2.60. The molecule has 2 aromatic carbocycles. The Labute approximate surface area is 184 Å². The number of aryl methyl sites for hydroxylation is 1. The lowest BCUT2D eigenvalue weighted by atomic mass is 10.2. The van der Waals surface area contributed by atoms with Gasteiger partial charge < -0.3 is 10.5 Å². The van der Waals surface area contributed by atoms with Crippen LogP contribution in [-0.4, -0.2) is 28.4 Å². The largest absolute Gasteiger partial charge is 0.481 e. The number of hydrogen-bond acceptors (Lipinski definition) is 5. The van der Waals surface area contributed by atoms with Gasteiger partial charge in [0, 0.05) is 10.9 Å². The van der Waals surface area contributed by atoms with Crippen LogP contribution in [0.3, 0.4) is 0 Å². The predicted octanol–water partition coefficient (Wildman–Crippen LogP) is 3.77. The molecule has 1 amide bonds. The van der Waals surface area contributed by atoms with Crippen molar-refractivity contribution in [2.45, 2.75) is 13.3 Å². The van der Waals surface area contributed by atoms with Gasteiger partial charge in [-0.15, -0.1) is 0 Å². The van der Waals surface area contributed by atoms with E-state index in [1.807, 2.05) is 13.0 Å². The van der Waals surface area contributed by atoms with Crippen LogP contribution in [-0.2, 0) is 11.2 Å². The first-order valence-electron chi connectivity index (χ1n) is 8.45. The first kappa shape index (κ1) is 21.3. The van der Waals surface area contributed by atoms with Gasteiger partial charge in [-0.05, 0) is 35.9 Å². The number of amides is 1. The molecule has 1 heterocycles. The first-order chi connectivity index (χ1) is 13.8. The summed E-state index contributed by atoms with van der Waals surface area (Å²) in [6.07, 6.45) is 1.96. The van der Waals surface area contributed by atoms with Crippen LogP contribution in [0, 0.1) is 0 Å². The summed E-state index contributed by atoms with van der Waals surface area (Å²) in [5.41, 5.74) is 5.91. The molecule has 0 aliphatic heterocycles. The smallest absolute Gasteiger partial charge is 0.282 e. The van der Waals surface area contributed by atoms with E-state index >= 15 is 0 Å². The van der Waals surface area contributed by atoms with E-state index in [-0.39, 0.29) is 28.0 Å². The minimum absolute atomic E-state index is 0.146. The molecule has 0 saturated heterocycles. The molecular weight excluding hydrogens is 483 g/mol. The fraction of sp³-hybridized carbons (Fsp3) is 0.158. The van der Waals surface area contributed by atoms with Crippen molar-refractivity contribution < 1.29 is 9.53 Å². The zero-order chi connectivity index (χ0) is 21.1. The SMILES string of the molecule is CCc1nc2ccc(Br)cc2c(=O)n1N=Cc1cc(Cl)c(OCC(N)=O)c(Cl)c1. The van der Waals surface area contributed by atoms with Gasteiger partial charge >= 0.3 is 0 Å². The number of fused-ring (bicyclic) bond motifs is 1. The summed E-state index contributed by atoms with van der Waals surface area (Å²) in [4.78, 5) is 28.3. The Balaban J connectivity index is 2.01. The van der Waals surface area contributed by atoms with Crippen LogP contribution in [0.5, 0.6) is 5.75 Å². The standard InChI is InChI=1S/C19H15BrCl2N4O3/c1-2-17-25-15-4-3-11(20)7-12(15)19(28)26(17)24-8-10-5-13(21)18(14(22)6-10)29-9-16(23)27/h3-8H,2,9H2,1H3,(H2,23,27). The molecule has 3 rings (SSSR count). The molecule has 29 heavy (non-hydrogen) atoms. The van der Waals surface area contributed by atoms with Crippen LogP contribution < -0.4 is 16.0 Å². The van der Waals surface area contributed by atoms with Gasteiger partial charge in [0.1, 0.15) is 5.82 Å². The Kier molecular flexibility index (Phi) is 6.56. The fourth-order valence-corrected chi connectivity index (χ4v) is 3.58. The highest BCUT2D eigenvalue weighted by Gasteiger charge is 2.12.